The lowest BCUT2D eigenvalue weighted by atomic mass is 10.0. The Balaban J connectivity index is -0.000000131. The van der Waals surface area contributed by atoms with Gasteiger partial charge in [0.2, 0.25) is 0 Å². The van der Waals surface area contributed by atoms with Crippen LogP contribution in [0.5, 0.6) is 0 Å². The van der Waals surface area contributed by atoms with Crippen LogP contribution in [-0.2, 0) is 32.5 Å². The van der Waals surface area contributed by atoms with Crippen molar-refractivity contribution in [2.75, 3.05) is 128 Å². The van der Waals surface area contributed by atoms with E-state index in [1.54, 1.807) is 12.5 Å². The molecule has 15 heteroatoms. The minimum atomic E-state index is -1.72. The van der Waals surface area contributed by atoms with Crippen LogP contribution in [-0.4, -0.2) is 192 Å². The second-order valence-corrected chi connectivity index (χ2v) is 46.2. The van der Waals surface area contributed by atoms with Gasteiger partial charge in [-0.2, -0.15) is 4.67 Å². The topological polar surface area (TPSA) is 57.2 Å². The van der Waals surface area contributed by atoms with Crippen LogP contribution in [0.25, 0.3) is 0 Å². The number of hydrogen-bond acceptors (Lipinski definition) is 6. The van der Waals surface area contributed by atoms with Gasteiger partial charge in [-0.05, 0) is 154 Å². The number of rotatable bonds is 14. The second kappa shape index (κ2) is 49.1. The van der Waals surface area contributed by atoms with Gasteiger partial charge in [-0.25, -0.2) is 4.57 Å². The zero-order valence-electron chi connectivity index (χ0n) is 67.2. The van der Waals surface area contributed by atoms with E-state index in [0.717, 1.165) is 17.5 Å². The van der Waals surface area contributed by atoms with Crippen LogP contribution in [0.3, 0.4) is 0 Å². The monoisotopic (exact) mass is 1300 g/mol. The van der Waals surface area contributed by atoms with E-state index in [-0.39, 0.29) is 0 Å². The summed E-state index contributed by atoms with van der Waals surface area (Å²) in [7, 11) is 12.3. The number of hydrogen-bond donors (Lipinski definition) is 1. The molecule has 0 saturated carbocycles. The third-order valence-corrected chi connectivity index (χ3v) is 28.1. The summed E-state index contributed by atoms with van der Waals surface area (Å²) in [4.78, 5) is 5.98. The van der Waals surface area contributed by atoms with Crippen molar-refractivity contribution in [2.24, 2.45) is 29.3 Å². The van der Waals surface area contributed by atoms with E-state index < -0.39 is 32.2 Å². The van der Waals surface area contributed by atoms with Gasteiger partial charge in [-0.3, -0.25) is 9.57 Å². The third-order valence-electron chi connectivity index (χ3n) is 16.5. The summed E-state index contributed by atoms with van der Waals surface area (Å²) >= 11 is 0.443. The van der Waals surface area contributed by atoms with Crippen LogP contribution < -0.4 is 9.47 Å². The minimum absolute atomic E-state index is 0.368. The maximum absolute atomic E-state index is 11.3. The Morgan fingerprint density at radius 3 is 1.09 bits per heavy atom. The normalized spacial score (nSPS) is 14.2. The van der Waals surface area contributed by atoms with Crippen molar-refractivity contribution in [3.05, 3.63) is 63.9 Å². The fourth-order valence-corrected chi connectivity index (χ4v) is 16.5. The SMILES string of the molecule is C=C(C)C(C)C.C=C(C)N(C)C(C)C.CC(C)N(C)P(C)(C)=N[P+](C)(C)C.CC(C)N(C)[P+](C)(C)C.CC(C)N(C)[S+](C)(C)=O.CC(C)N(C)[S+](C)C.CC1=C(C)[NH+](C)C(C)N1C.CCC(C)C.CCC(C)C.Cc1c(C)c(C)[n+](C)c(C)c1C. The molecule has 1 aliphatic rings. The molecule has 2 unspecified atom stereocenters. The van der Waals surface area contributed by atoms with Gasteiger partial charge in [-0.1, -0.05) is 91.2 Å². The van der Waals surface area contributed by atoms with Gasteiger partial charge in [-0.15, -0.1) is 13.1 Å². The van der Waals surface area contributed by atoms with Gasteiger partial charge in [0.25, 0.3) is 0 Å². The molecule has 2 rings (SSSR count). The number of aromatic nitrogens is 1. The molecule has 1 N–H and O–H groups in total. The lowest BCUT2D eigenvalue weighted by Gasteiger charge is -2.30. The van der Waals surface area contributed by atoms with Crippen molar-refractivity contribution in [3.63, 3.8) is 0 Å². The average molecular weight is 1300 g/mol. The molecule has 514 valence electrons. The molecule has 1 aliphatic heterocycles. The Labute approximate surface area is 545 Å². The Hall–Kier alpha value is -0.640. The molecule has 0 amide bonds. The Bertz CT molecular complexity index is 1900. The summed E-state index contributed by atoms with van der Waals surface area (Å²) in [6.45, 7) is 87.0. The molecule has 2 heterocycles. The van der Waals surface area contributed by atoms with Crippen molar-refractivity contribution in [2.45, 2.75) is 243 Å². The number of quaternary nitrogens is 1. The lowest BCUT2D eigenvalue weighted by Crippen LogP contribution is -3.10. The van der Waals surface area contributed by atoms with Crippen LogP contribution in [0, 0.1) is 52.4 Å². The standard InChI is InChI=1S/C11H18N.C9H25N2P2.C8H16N2.C7H19NP.C7H15N.C6H16NOS.C6H16NS.C6H12.2C5H12/c1-7-8(2)10(4)12(6)11(5)9(7)3;1-9(2)11(3)13(7,8)10-12(4,5)6;1-6-7(2)10(5)8(3)9(6)4;1-7(2)8(3)9(4,5)6;1-6(2)8(5)7(3)4;1-6(2)7(3)9(4,5)8;1-6(2)7(3)8(4)5;1-5(2)6(3)4;2*1-4-5(2)3/h1-6H3;9H,1-8H3;8H,1-5H3;7H,1-6H3;7H,1H2,2-5H3;6H,1-5H3;6H,1-5H3;6H,1H2,2-4H3;2*5H,4H2,1-3H3/q2*+1;;+1;;2*+1;;;/p+1. The second-order valence-electron chi connectivity index (χ2n) is 28.7. The number of nitrogens with zero attached hydrogens (tertiary/aromatic N) is 8. The first kappa shape index (κ1) is 101. The molecular weight excluding hydrogens is 1140 g/mol. The molecule has 0 fully saturated rings. The molecule has 0 aromatic carbocycles. The summed E-state index contributed by atoms with van der Waals surface area (Å²) in [5.41, 5.74) is 12.3. The summed E-state index contributed by atoms with van der Waals surface area (Å²) in [5, 5.41) is 0. The predicted octanol–water partition coefficient (Wildman–Crippen LogP) is 18.1. The van der Waals surface area contributed by atoms with Crippen LogP contribution >= 0.6 is 22.0 Å². The smallest absolute Gasteiger partial charge is 0.181 e. The van der Waals surface area contributed by atoms with E-state index in [9.17, 15) is 4.21 Å². The van der Waals surface area contributed by atoms with Crippen molar-refractivity contribution in [1.82, 2.24) is 27.8 Å². The van der Waals surface area contributed by atoms with Crippen LogP contribution in [0.4, 0.5) is 0 Å². The molecule has 0 aliphatic carbocycles. The molecule has 2 atom stereocenters. The average Bonchev–Trinajstić information content (AvgIpc) is 3.52. The van der Waals surface area contributed by atoms with Crippen molar-refractivity contribution < 1.29 is 13.7 Å². The summed E-state index contributed by atoms with van der Waals surface area (Å²) in [6.07, 6.45) is 11.2. The van der Waals surface area contributed by atoms with E-state index >= 15 is 0 Å². The Morgan fingerprint density at radius 1 is 0.671 bits per heavy atom. The first-order chi connectivity index (χ1) is 37.6. The number of allylic oxidation sites excluding steroid dienone is 4. The van der Waals surface area contributed by atoms with Gasteiger partial charge in [0.05, 0.1) is 78.4 Å². The molecule has 10 nitrogen and oxygen atoms in total. The van der Waals surface area contributed by atoms with E-state index in [4.69, 9.17) is 4.52 Å². The van der Waals surface area contributed by atoms with Gasteiger partial charge in [0, 0.05) is 110 Å². The van der Waals surface area contributed by atoms with Gasteiger partial charge in [0.15, 0.2) is 27.7 Å². The van der Waals surface area contributed by atoms with Gasteiger partial charge < -0.3 is 9.80 Å². The summed E-state index contributed by atoms with van der Waals surface area (Å²) in [6, 6.07) is 2.92. The number of nitrogens with one attached hydrogen (secondary N) is 1. The van der Waals surface area contributed by atoms with E-state index in [1.165, 1.54) is 62.8 Å². The molecule has 1 aromatic rings. The largest absolute Gasteiger partial charge is 0.376 e. The third kappa shape index (κ3) is 51.7. The van der Waals surface area contributed by atoms with E-state index in [0.29, 0.717) is 53.4 Å². The fourth-order valence-electron chi connectivity index (χ4n) is 6.37. The van der Waals surface area contributed by atoms with Crippen molar-refractivity contribution in [3.8, 4) is 0 Å². The van der Waals surface area contributed by atoms with E-state index in [2.05, 4.69) is 315 Å². The van der Waals surface area contributed by atoms with Gasteiger partial charge >= 0.3 is 0 Å². The van der Waals surface area contributed by atoms with Crippen LogP contribution in [0.1, 0.15) is 200 Å². The first-order valence-corrected chi connectivity index (χ1v) is 45.0. The first-order valence-electron chi connectivity index (χ1n) is 31.9. The van der Waals surface area contributed by atoms with Crippen molar-refractivity contribution in [1.29, 1.82) is 0 Å². The van der Waals surface area contributed by atoms with Crippen molar-refractivity contribution >= 4 is 43.2 Å². The van der Waals surface area contributed by atoms with Crippen LogP contribution in [0.2, 0.25) is 0 Å². The maximum Gasteiger partial charge on any atom is 0.181 e. The Kier molecular flexibility index (Phi) is 58.0. The van der Waals surface area contributed by atoms with Crippen LogP contribution in [0.15, 0.2) is 40.3 Å². The lowest BCUT2D eigenvalue weighted by molar-refractivity contribution is -0.867. The molecule has 85 heavy (non-hydrogen) atoms. The maximum atomic E-state index is 11.3. The van der Waals surface area contributed by atoms with E-state index in [1.807, 2.05) is 46.1 Å². The highest BCUT2D eigenvalue weighted by Crippen LogP contribution is 2.61. The van der Waals surface area contributed by atoms with Gasteiger partial charge in [0.1, 0.15) is 45.2 Å². The molecule has 0 radical (unpaired) electrons. The quantitative estimate of drug-likeness (QED) is 0.0867. The highest BCUT2D eigenvalue weighted by Gasteiger charge is 2.30. The molecule has 0 spiro atoms. The molecule has 0 bridgehead atoms. The zero-order chi connectivity index (χ0) is 70.7. The molecule has 1 aromatic heterocycles. The summed E-state index contributed by atoms with van der Waals surface area (Å²) < 4.78 is 27.7. The number of pyridine rings is 1. The Morgan fingerprint density at radius 2 is 1.00 bits per heavy atom. The predicted molar refractivity (Wildman–Crippen MR) is 413 cm³/mol. The zero-order valence-corrected chi connectivity index (χ0v) is 71.5. The fraction of sp³-hybridized carbons (Fsp3) is 0.843. The minimum Gasteiger partial charge on any atom is -0.376 e. The molecule has 0 saturated heterocycles. The summed E-state index contributed by atoms with van der Waals surface area (Å²) in [5.74, 6) is 2.43. The highest BCUT2D eigenvalue weighted by molar-refractivity contribution is 7.99. The highest BCUT2D eigenvalue weighted by atomic mass is 32.3. The molecular formula is C70H162N9OP3S2+6.